The van der Waals surface area contributed by atoms with Crippen LogP contribution in [0.15, 0.2) is 18.2 Å². The number of ether oxygens (including phenoxy) is 2. The number of carboxylic acids is 1. The van der Waals surface area contributed by atoms with Crippen molar-refractivity contribution in [2.24, 2.45) is 0 Å². The highest BCUT2D eigenvalue weighted by Crippen LogP contribution is 2.29. The summed E-state index contributed by atoms with van der Waals surface area (Å²) in [5, 5.41) is 10.8. The lowest BCUT2D eigenvalue weighted by atomic mass is 10.1. The third kappa shape index (κ3) is 4.50. The molecule has 1 amide bonds. The van der Waals surface area contributed by atoms with Crippen molar-refractivity contribution in [3.63, 3.8) is 0 Å². The van der Waals surface area contributed by atoms with E-state index in [9.17, 15) is 9.59 Å². The van der Waals surface area contributed by atoms with Gasteiger partial charge in [-0.05, 0) is 18.6 Å². The average molecular weight is 267 g/mol. The fourth-order valence-electron chi connectivity index (χ4n) is 1.68. The lowest BCUT2D eigenvalue weighted by Gasteiger charge is -2.12. The van der Waals surface area contributed by atoms with Crippen LogP contribution in [0.5, 0.6) is 11.5 Å². The predicted molar refractivity (Wildman–Crippen MR) is 68.5 cm³/mol. The summed E-state index contributed by atoms with van der Waals surface area (Å²) in [6, 6.07) is 5.37. The number of hydrogen-bond donors (Lipinski definition) is 2. The molecule has 0 aliphatic heterocycles. The molecule has 0 saturated heterocycles. The molecule has 2 N–H and O–H groups in total. The van der Waals surface area contributed by atoms with E-state index < -0.39 is 5.97 Å². The van der Waals surface area contributed by atoms with Crippen molar-refractivity contribution in [3.05, 3.63) is 23.8 Å². The minimum atomic E-state index is -1.07. The van der Waals surface area contributed by atoms with Gasteiger partial charge in [-0.2, -0.15) is 0 Å². The van der Waals surface area contributed by atoms with Crippen molar-refractivity contribution in [1.29, 1.82) is 0 Å². The largest absolute Gasteiger partial charge is 0.496 e. The van der Waals surface area contributed by atoms with Crippen LogP contribution in [-0.4, -0.2) is 37.7 Å². The molecule has 0 heterocycles. The number of aliphatic carboxylic acids is 1. The van der Waals surface area contributed by atoms with E-state index in [2.05, 4.69) is 5.32 Å². The third-order valence-corrected chi connectivity index (χ3v) is 2.57. The maximum atomic E-state index is 11.5. The normalized spacial score (nSPS) is 9.79. The highest BCUT2D eigenvalue weighted by molar-refractivity contribution is 5.81. The van der Waals surface area contributed by atoms with Gasteiger partial charge in [0.25, 0.3) is 0 Å². The average Bonchev–Trinajstić information content (AvgIpc) is 2.42. The second-order valence-electron chi connectivity index (χ2n) is 3.81. The summed E-state index contributed by atoms with van der Waals surface area (Å²) in [6.07, 6.45) is 0.586. The topological polar surface area (TPSA) is 84.9 Å². The number of rotatable bonds is 7. The molecule has 104 valence electrons. The molecule has 6 heteroatoms. The van der Waals surface area contributed by atoms with Crippen molar-refractivity contribution in [2.75, 3.05) is 20.8 Å². The van der Waals surface area contributed by atoms with E-state index in [1.165, 1.54) is 0 Å². The first-order valence-electron chi connectivity index (χ1n) is 5.76. The maximum absolute atomic E-state index is 11.5. The third-order valence-electron chi connectivity index (χ3n) is 2.57. The van der Waals surface area contributed by atoms with Crippen molar-refractivity contribution < 1.29 is 24.2 Å². The van der Waals surface area contributed by atoms with Gasteiger partial charge in [-0.15, -0.1) is 0 Å². The summed E-state index contributed by atoms with van der Waals surface area (Å²) in [5.41, 5.74) is 0.790. The van der Waals surface area contributed by atoms with Crippen molar-refractivity contribution in [3.8, 4) is 11.5 Å². The smallest absolute Gasteiger partial charge is 0.322 e. The first-order chi connectivity index (χ1) is 9.08. The fraction of sp³-hybridized carbons (Fsp3) is 0.385. The van der Waals surface area contributed by atoms with E-state index in [0.717, 1.165) is 5.56 Å². The number of benzene rings is 1. The van der Waals surface area contributed by atoms with Gasteiger partial charge in [0.05, 0.1) is 14.2 Å². The second kappa shape index (κ2) is 7.25. The Balaban J connectivity index is 2.66. The van der Waals surface area contributed by atoms with Crippen LogP contribution in [-0.2, 0) is 16.0 Å². The van der Waals surface area contributed by atoms with Gasteiger partial charge in [-0.3, -0.25) is 9.59 Å². The lowest BCUT2D eigenvalue weighted by Crippen LogP contribution is -2.29. The molecule has 1 aromatic carbocycles. The molecule has 6 nitrogen and oxygen atoms in total. The first kappa shape index (κ1) is 14.8. The maximum Gasteiger partial charge on any atom is 0.322 e. The van der Waals surface area contributed by atoms with E-state index in [0.29, 0.717) is 17.9 Å². The van der Waals surface area contributed by atoms with Gasteiger partial charge in [0.15, 0.2) is 0 Å². The number of methoxy groups -OCH3 is 2. The highest BCUT2D eigenvalue weighted by atomic mass is 16.5. The SMILES string of the molecule is COc1cccc(OC)c1CCC(=O)NCC(=O)O. The van der Waals surface area contributed by atoms with Crippen molar-refractivity contribution >= 4 is 11.9 Å². The van der Waals surface area contributed by atoms with Gasteiger partial charge in [0, 0.05) is 12.0 Å². The van der Waals surface area contributed by atoms with Crippen LogP contribution < -0.4 is 14.8 Å². The van der Waals surface area contributed by atoms with Crippen LogP contribution in [0.1, 0.15) is 12.0 Å². The molecular weight excluding hydrogens is 250 g/mol. The van der Waals surface area contributed by atoms with E-state index >= 15 is 0 Å². The summed E-state index contributed by atoms with van der Waals surface area (Å²) in [4.78, 5) is 21.8. The van der Waals surface area contributed by atoms with E-state index in [1.54, 1.807) is 32.4 Å². The van der Waals surface area contributed by atoms with Crippen LogP contribution in [0, 0.1) is 0 Å². The first-order valence-corrected chi connectivity index (χ1v) is 5.76. The Hall–Kier alpha value is -2.24. The lowest BCUT2D eigenvalue weighted by molar-refractivity contribution is -0.137. The Morgan fingerprint density at radius 1 is 1.21 bits per heavy atom. The molecule has 0 bridgehead atoms. The summed E-state index contributed by atoms with van der Waals surface area (Å²) >= 11 is 0. The molecule has 0 aliphatic rings. The Kier molecular flexibility index (Phi) is 5.66. The van der Waals surface area contributed by atoms with Gasteiger partial charge >= 0.3 is 5.97 Å². The summed E-state index contributed by atoms with van der Waals surface area (Å²) in [5.74, 6) is -0.102. The van der Waals surface area contributed by atoms with Crippen LogP contribution >= 0.6 is 0 Å². The van der Waals surface area contributed by atoms with Gasteiger partial charge in [-0.25, -0.2) is 0 Å². The number of amides is 1. The number of carbonyl (C=O) groups excluding carboxylic acids is 1. The Morgan fingerprint density at radius 2 is 1.79 bits per heavy atom. The number of hydrogen-bond acceptors (Lipinski definition) is 4. The molecule has 0 saturated carbocycles. The molecule has 0 radical (unpaired) electrons. The Morgan fingerprint density at radius 3 is 2.26 bits per heavy atom. The van der Waals surface area contributed by atoms with Crippen LogP contribution in [0.25, 0.3) is 0 Å². The molecule has 0 spiro atoms. The Bertz CT molecular complexity index is 436. The zero-order valence-corrected chi connectivity index (χ0v) is 10.9. The molecule has 0 unspecified atom stereocenters. The van der Waals surface area contributed by atoms with Crippen LogP contribution in [0.4, 0.5) is 0 Å². The van der Waals surface area contributed by atoms with E-state index in [1.807, 2.05) is 0 Å². The van der Waals surface area contributed by atoms with E-state index in [-0.39, 0.29) is 18.9 Å². The minimum Gasteiger partial charge on any atom is -0.496 e. The molecule has 19 heavy (non-hydrogen) atoms. The fourth-order valence-corrected chi connectivity index (χ4v) is 1.68. The van der Waals surface area contributed by atoms with Crippen molar-refractivity contribution in [2.45, 2.75) is 12.8 Å². The summed E-state index contributed by atoms with van der Waals surface area (Å²) in [6.45, 7) is -0.373. The van der Waals surface area contributed by atoms with E-state index in [4.69, 9.17) is 14.6 Å². The summed E-state index contributed by atoms with van der Waals surface area (Å²) in [7, 11) is 3.09. The molecule has 1 rings (SSSR count). The zero-order valence-electron chi connectivity index (χ0n) is 10.9. The van der Waals surface area contributed by atoms with Crippen molar-refractivity contribution in [1.82, 2.24) is 5.32 Å². The number of nitrogens with one attached hydrogen (secondary N) is 1. The standard InChI is InChI=1S/C13H17NO5/c1-18-10-4-3-5-11(19-2)9(10)6-7-12(15)14-8-13(16)17/h3-5H,6-8H2,1-2H3,(H,14,15)(H,16,17). The summed E-state index contributed by atoms with van der Waals surface area (Å²) < 4.78 is 10.4. The van der Waals surface area contributed by atoms with Gasteiger partial charge in [0.2, 0.25) is 5.91 Å². The van der Waals surface area contributed by atoms with Crippen LogP contribution in [0.2, 0.25) is 0 Å². The van der Waals surface area contributed by atoms with Gasteiger partial charge in [0.1, 0.15) is 18.0 Å². The quantitative estimate of drug-likeness (QED) is 0.764. The molecule has 1 aromatic rings. The zero-order chi connectivity index (χ0) is 14.3. The molecule has 0 fully saturated rings. The van der Waals surface area contributed by atoms with Gasteiger partial charge < -0.3 is 19.9 Å². The van der Waals surface area contributed by atoms with Crippen LogP contribution in [0.3, 0.4) is 0 Å². The number of carboxylic acid groups (broad SMARTS) is 1. The molecule has 0 aliphatic carbocycles. The second-order valence-corrected chi connectivity index (χ2v) is 3.81. The molecule has 0 aromatic heterocycles. The predicted octanol–water partition coefficient (Wildman–Crippen LogP) is 0.837. The monoisotopic (exact) mass is 267 g/mol. The molecular formula is C13H17NO5. The minimum absolute atomic E-state index is 0.171. The van der Waals surface area contributed by atoms with Gasteiger partial charge in [-0.1, -0.05) is 6.07 Å². The highest BCUT2D eigenvalue weighted by Gasteiger charge is 2.12. The Labute approximate surface area is 111 Å². The molecule has 0 atom stereocenters. The number of carbonyl (C=O) groups is 2.